The molecule has 0 aliphatic heterocycles. The summed E-state index contributed by atoms with van der Waals surface area (Å²) in [5.41, 5.74) is 7.50. The van der Waals surface area contributed by atoms with Gasteiger partial charge < -0.3 is 21.1 Å². The van der Waals surface area contributed by atoms with E-state index in [2.05, 4.69) is 10.6 Å². The second kappa shape index (κ2) is 8.29. The Morgan fingerprint density at radius 1 is 1.20 bits per heavy atom. The Kier molecular flexibility index (Phi) is 6.69. The number of nitrogens with one attached hydrogen (secondary N) is 2. The van der Waals surface area contributed by atoms with E-state index in [1.807, 2.05) is 19.1 Å². The lowest BCUT2D eigenvalue weighted by molar-refractivity contribution is -0.119. The summed E-state index contributed by atoms with van der Waals surface area (Å²) in [5.74, 6) is -0.392. The summed E-state index contributed by atoms with van der Waals surface area (Å²) in [5, 5.41) is 5.48. The highest BCUT2D eigenvalue weighted by molar-refractivity contribution is 6.00. The van der Waals surface area contributed by atoms with Gasteiger partial charge in [0.25, 0.3) is 0 Å². The van der Waals surface area contributed by atoms with Crippen molar-refractivity contribution in [3.8, 4) is 0 Å². The molecule has 0 saturated heterocycles. The summed E-state index contributed by atoms with van der Waals surface area (Å²) in [6, 6.07) is 5.42. The summed E-state index contributed by atoms with van der Waals surface area (Å²) < 4.78 is 4.76. The van der Waals surface area contributed by atoms with Crippen molar-refractivity contribution in [2.75, 3.05) is 30.9 Å². The Morgan fingerprint density at radius 2 is 1.90 bits per heavy atom. The largest absolute Gasteiger partial charge is 0.375 e. The Hall–Kier alpha value is -1.92. The molecule has 20 heavy (non-hydrogen) atoms. The van der Waals surface area contributed by atoms with Crippen LogP contribution in [-0.4, -0.2) is 32.1 Å². The zero-order valence-electron chi connectivity index (χ0n) is 11.9. The first-order chi connectivity index (χ1) is 9.56. The molecule has 0 aliphatic rings. The number of amides is 2. The number of rotatable bonds is 7. The van der Waals surface area contributed by atoms with Crippen molar-refractivity contribution < 1.29 is 14.3 Å². The van der Waals surface area contributed by atoms with E-state index in [9.17, 15) is 9.59 Å². The minimum Gasteiger partial charge on any atom is -0.375 e. The minimum atomic E-state index is -0.270. The number of carbonyl (C=O) groups excluding carboxylic acids is 2. The average molecular weight is 279 g/mol. The number of ether oxygens (including phenoxy) is 1. The van der Waals surface area contributed by atoms with Crippen LogP contribution >= 0.6 is 0 Å². The first-order valence-corrected chi connectivity index (χ1v) is 6.46. The second-order valence-electron chi connectivity index (χ2n) is 4.47. The molecule has 1 aromatic carbocycles. The molecule has 0 radical (unpaired) electrons. The van der Waals surface area contributed by atoms with Gasteiger partial charge in [-0.2, -0.15) is 0 Å². The van der Waals surface area contributed by atoms with Crippen LogP contribution in [0.1, 0.15) is 18.4 Å². The SMILES string of the molecule is COCC(=O)Nc1ccc(C)cc1NC(=O)CCCN. The molecule has 0 aromatic heterocycles. The maximum atomic E-state index is 11.7. The number of carbonyl (C=O) groups is 2. The molecule has 0 spiro atoms. The minimum absolute atomic E-state index is 0.0333. The summed E-state index contributed by atoms with van der Waals surface area (Å²) in [6.45, 7) is 2.35. The van der Waals surface area contributed by atoms with E-state index in [4.69, 9.17) is 10.5 Å². The van der Waals surface area contributed by atoms with Gasteiger partial charge in [0.2, 0.25) is 11.8 Å². The number of benzene rings is 1. The fourth-order valence-corrected chi connectivity index (χ4v) is 1.66. The van der Waals surface area contributed by atoms with Crippen molar-refractivity contribution in [1.82, 2.24) is 0 Å². The average Bonchev–Trinajstić information content (AvgIpc) is 2.40. The van der Waals surface area contributed by atoms with Crippen LogP contribution < -0.4 is 16.4 Å². The van der Waals surface area contributed by atoms with Gasteiger partial charge >= 0.3 is 0 Å². The molecule has 1 aromatic rings. The predicted molar refractivity (Wildman–Crippen MR) is 78.6 cm³/mol. The first kappa shape index (κ1) is 16.1. The van der Waals surface area contributed by atoms with Crippen LogP contribution in [0.3, 0.4) is 0 Å². The maximum absolute atomic E-state index is 11.7. The molecule has 0 heterocycles. The van der Waals surface area contributed by atoms with Gasteiger partial charge in [0.1, 0.15) is 6.61 Å². The van der Waals surface area contributed by atoms with E-state index in [0.29, 0.717) is 30.8 Å². The van der Waals surface area contributed by atoms with Crippen LogP contribution in [0.25, 0.3) is 0 Å². The van der Waals surface area contributed by atoms with Crippen molar-refractivity contribution in [3.63, 3.8) is 0 Å². The van der Waals surface area contributed by atoms with Crippen LogP contribution in [0, 0.1) is 6.92 Å². The molecule has 0 bridgehead atoms. The van der Waals surface area contributed by atoms with Gasteiger partial charge in [-0.3, -0.25) is 9.59 Å². The number of anilines is 2. The molecule has 6 nitrogen and oxygen atoms in total. The molecule has 1 rings (SSSR count). The summed E-state index contributed by atoms with van der Waals surface area (Å²) >= 11 is 0. The number of hydrogen-bond donors (Lipinski definition) is 3. The van der Waals surface area contributed by atoms with Crippen molar-refractivity contribution in [2.45, 2.75) is 19.8 Å². The zero-order chi connectivity index (χ0) is 15.0. The van der Waals surface area contributed by atoms with E-state index in [1.54, 1.807) is 6.07 Å². The molecular formula is C14H21N3O3. The van der Waals surface area contributed by atoms with Crippen LogP contribution in [-0.2, 0) is 14.3 Å². The van der Waals surface area contributed by atoms with Crippen LogP contribution in [0.15, 0.2) is 18.2 Å². The normalized spacial score (nSPS) is 10.2. The fourth-order valence-electron chi connectivity index (χ4n) is 1.66. The van der Waals surface area contributed by atoms with E-state index in [-0.39, 0.29) is 18.4 Å². The Morgan fingerprint density at radius 3 is 2.55 bits per heavy atom. The molecule has 0 atom stereocenters. The van der Waals surface area contributed by atoms with Crippen LogP contribution in [0.2, 0.25) is 0 Å². The van der Waals surface area contributed by atoms with Crippen molar-refractivity contribution >= 4 is 23.2 Å². The highest BCUT2D eigenvalue weighted by Crippen LogP contribution is 2.23. The molecule has 4 N–H and O–H groups in total. The molecule has 0 aliphatic carbocycles. The third-order valence-electron chi connectivity index (χ3n) is 2.61. The molecule has 2 amide bonds. The predicted octanol–water partition coefficient (Wildman–Crippen LogP) is 1.26. The van der Waals surface area contributed by atoms with E-state index < -0.39 is 0 Å². The summed E-state index contributed by atoms with van der Waals surface area (Å²) in [7, 11) is 1.45. The molecule has 0 fully saturated rings. The topological polar surface area (TPSA) is 93.5 Å². The van der Waals surface area contributed by atoms with E-state index >= 15 is 0 Å². The first-order valence-electron chi connectivity index (χ1n) is 6.46. The fraction of sp³-hybridized carbons (Fsp3) is 0.429. The summed E-state index contributed by atoms with van der Waals surface area (Å²) in [4.78, 5) is 23.3. The van der Waals surface area contributed by atoms with Gasteiger partial charge in [-0.15, -0.1) is 0 Å². The zero-order valence-corrected chi connectivity index (χ0v) is 11.9. The number of methoxy groups -OCH3 is 1. The van der Waals surface area contributed by atoms with Crippen molar-refractivity contribution in [1.29, 1.82) is 0 Å². The van der Waals surface area contributed by atoms with Gasteiger partial charge in [-0.05, 0) is 37.6 Å². The third-order valence-corrected chi connectivity index (χ3v) is 2.61. The van der Waals surface area contributed by atoms with Gasteiger partial charge in [-0.1, -0.05) is 6.07 Å². The molecule has 110 valence electrons. The Balaban J connectivity index is 2.79. The molecule has 6 heteroatoms. The number of nitrogens with two attached hydrogens (primary N) is 1. The lowest BCUT2D eigenvalue weighted by Crippen LogP contribution is -2.20. The number of hydrogen-bond acceptors (Lipinski definition) is 4. The second-order valence-corrected chi connectivity index (χ2v) is 4.47. The lowest BCUT2D eigenvalue weighted by atomic mass is 10.1. The standard InChI is InChI=1S/C14H21N3O3/c1-10-5-6-11(16-14(19)9-20-2)12(8-10)17-13(18)4-3-7-15/h5-6,8H,3-4,7,9,15H2,1-2H3,(H,16,19)(H,17,18). The monoisotopic (exact) mass is 279 g/mol. The van der Waals surface area contributed by atoms with Crippen LogP contribution in [0.4, 0.5) is 11.4 Å². The lowest BCUT2D eigenvalue weighted by Gasteiger charge is -2.13. The van der Waals surface area contributed by atoms with E-state index in [1.165, 1.54) is 7.11 Å². The van der Waals surface area contributed by atoms with E-state index in [0.717, 1.165) is 5.56 Å². The highest BCUT2D eigenvalue weighted by atomic mass is 16.5. The Labute approximate surface area is 118 Å². The summed E-state index contributed by atoms with van der Waals surface area (Å²) in [6.07, 6.45) is 0.985. The number of aryl methyl sites for hydroxylation is 1. The molecule has 0 unspecified atom stereocenters. The van der Waals surface area contributed by atoms with Crippen molar-refractivity contribution in [2.24, 2.45) is 5.73 Å². The van der Waals surface area contributed by atoms with Crippen LogP contribution in [0.5, 0.6) is 0 Å². The van der Waals surface area contributed by atoms with Crippen molar-refractivity contribution in [3.05, 3.63) is 23.8 Å². The van der Waals surface area contributed by atoms with Gasteiger partial charge in [0, 0.05) is 13.5 Å². The van der Waals surface area contributed by atoms with Gasteiger partial charge in [0.15, 0.2) is 0 Å². The highest BCUT2D eigenvalue weighted by Gasteiger charge is 2.09. The quantitative estimate of drug-likeness (QED) is 0.700. The Bertz CT molecular complexity index is 475. The molecule has 0 saturated carbocycles. The van der Waals surface area contributed by atoms with Gasteiger partial charge in [0.05, 0.1) is 11.4 Å². The maximum Gasteiger partial charge on any atom is 0.250 e. The molecular weight excluding hydrogens is 258 g/mol. The smallest absolute Gasteiger partial charge is 0.250 e. The van der Waals surface area contributed by atoms with Gasteiger partial charge in [-0.25, -0.2) is 0 Å². The third kappa shape index (κ3) is 5.38.